The number of rotatable bonds is 8. The lowest BCUT2D eigenvalue weighted by atomic mass is 10.2. The minimum atomic E-state index is -3.85. The summed E-state index contributed by atoms with van der Waals surface area (Å²) in [6, 6.07) is 9.48. The summed E-state index contributed by atoms with van der Waals surface area (Å²) < 4.78 is 41.4. The standard InChI is InChI=1S/C20H20N6O5S/c1-3-29-18-8-7-14(10-22-18)30-12-17-16(11-23-26(17)2)20-24-19(25-31-20)13-5-4-6-15(9-13)32(21,27)28/h4-11H,3,12H2,1-2H3,(H2,21,27,28). The number of pyridine rings is 1. The molecule has 0 aliphatic heterocycles. The topological polar surface area (TPSA) is 148 Å². The van der Waals surface area contributed by atoms with Crippen molar-refractivity contribution in [1.29, 1.82) is 0 Å². The van der Waals surface area contributed by atoms with Gasteiger partial charge in [-0.15, -0.1) is 0 Å². The van der Waals surface area contributed by atoms with E-state index in [0.29, 0.717) is 35.1 Å². The first-order valence-corrected chi connectivity index (χ1v) is 11.1. The van der Waals surface area contributed by atoms with E-state index in [1.807, 2.05) is 6.92 Å². The second-order valence-corrected chi connectivity index (χ2v) is 8.24. The summed E-state index contributed by atoms with van der Waals surface area (Å²) in [6.07, 6.45) is 3.16. The zero-order valence-electron chi connectivity index (χ0n) is 17.3. The van der Waals surface area contributed by atoms with Crippen LogP contribution in [0.2, 0.25) is 0 Å². The number of aryl methyl sites for hydroxylation is 1. The molecule has 0 bridgehead atoms. The molecule has 3 aromatic heterocycles. The number of nitrogens with zero attached hydrogens (tertiary/aromatic N) is 5. The van der Waals surface area contributed by atoms with E-state index < -0.39 is 10.0 Å². The summed E-state index contributed by atoms with van der Waals surface area (Å²) in [5.41, 5.74) is 1.74. The van der Waals surface area contributed by atoms with Crippen LogP contribution in [-0.4, -0.2) is 39.9 Å². The van der Waals surface area contributed by atoms with Crippen molar-refractivity contribution >= 4 is 10.0 Å². The van der Waals surface area contributed by atoms with E-state index in [4.69, 9.17) is 19.1 Å². The maximum absolute atomic E-state index is 11.6. The van der Waals surface area contributed by atoms with Crippen molar-refractivity contribution in [2.45, 2.75) is 18.4 Å². The number of nitrogens with two attached hydrogens (primary N) is 1. The van der Waals surface area contributed by atoms with Crippen molar-refractivity contribution in [2.24, 2.45) is 12.2 Å². The lowest BCUT2D eigenvalue weighted by Gasteiger charge is -2.08. The molecule has 0 amide bonds. The van der Waals surface area contributed by atoms with Gasteiger partial charge < -0.3 is 14.0 Å². The summed E-state index contributed by atoms with van der Waals surface area (Å²) in [5, 5.41) is 13.4. The largest absolute Gasteiger partial charge is 0.486 e. The Bertz CT molecular complexity index is 1330. The van der Waals surface area contributed by atoms with E-state index in [-0.39, 0.29) is 23.2 Å². The molecule has 0 aliphatic carbocycles. The molecule has 0 saturated carbocycles. The van der Waals surface area contributed by atoms with Gasteiger partial charge in [-0.1, -0.05) is 17.3 Å². The number of hydrogen-bond donors (Lipinski definition) is 1. The number of benzene rings is 1. The zero-order valence-corrected chi connectivity index (χ0v) is 18.1. The molecule has 2 N–H and O–H groups in total. The maximum Gasteiger partial charge on any atom is 0.261 e. The first-order valence-electron chi connectivity index (χ1n) is 9.55. The summed E-state index contributed by atoms with van der Waals surface area (Å²) in [4.78, 5) is 8.51. The summed E-state index contributed by atoms with van der Waals surface area (Å²) in [5.74, 6) is 1.52. The van der Waals surface area contributed by atoms with Gasteiger partial charge in [0.2, 0.25) is 21.7 Å². The average molecular weight is 456 g/mol. The highest BCUT2D eigenvalue weighted by Crippen LogP contribution is 2.27. The molecule has 1 aromatic carbocycles. The Morgan fingerprint density at radius 3 is 2.72 bits per heavy atom. The Kier molecular flexibility index (Phi) is 5.88. The highest BCUT2D eigenvalue weighted by Gasteiger charge is 2.19. The van der Waals surface area contributed by atoms with Crippen LogP contribution in [0.4, 0.5) is 0 Å². The second-order valence-electron chi connectivity index (χ2n) is 6.68. The van der Waals surface area contributed by atoms with Crippen LogP contribution in [0.1, 0.15) is 12.6 Å². The first kappa shape index (κ1) is 21.5. The van der Waals surface area contributed by atoms with E-state index in [2.05, 4.69) is 20.2 Å². The van der Waals surface area contributed by atoms with Gasteiger partial charge in [-0.3, -0.25) is 4.68 Å². The van der Waals surface area contributed by atoms with Gasteiger partial charge in [0.1, 0.15) is 12.4 Å². The molecule has 4 aromatic rings. The third-order valence-corrected chi connectivity index (χ3v) is 5.43. The molecule has 32 heavy (non-hydrogen) atoms. The molecule has 11 nitrogen and oxygen atoms in total. The highest BCUT2D eigenvalue weighted by molar-refractivity contribution is 7.89. The van der Waals surface area contributed by atoms with E-state index in [0.717, 1.165) is 0 Å². The van der Waals surface area contributed by atoms with Crippen LogP contribution in [0.25, 0.3) is 22.8 Å². The van der Waals surface area contributed by atoms with Gasteiger partial charge in [-0.05, 0) is 25.1 Å². The molecule has 12 heteroatoms. The minimum absolute atomic E-state index is 0.0409. The first-order chi connectivity index (χ1) is 15.3. The molecule has 166 valence electrons. The quantitative estimate of drug-likeness (QED) is 0.421. The van der Waals surface area contributed by atoms with Crippen molar-refractivity contribution in [3.8, 4) is 34.5 Å². The van der Waals surface area contributed by atoms with Crippen LogP contribution in [0.5, 0.6) is 11.6 Å². The molecule has 3 heterocycles. The average Bonchev–Trinajstić information content (AvgIpc) is 3.40. The van der Waals surface area contributed by atoms with Crippen molar-refractivity contribution < 1.29 is 22.4 Å². The fraction of sp³-hybridized carbons (Fsp3) is 0.200. The normalized spacial score (nSPS) is 11.5. The Hall–Kier alpha value is -3.77. The molecule has 0 fully saturated rings. The molecule has 0 radical (unpaired) electrons. The van der Waals surface area contributed by atoms with E-state index in [1.54, 1.807) is 48.4 Å². The van der Waals surface area contributed by atoms with Crippen molar-refractivity contribution in [1.82, 2.24) is 24.9 Å². The predicted molar refractivity (Wildman–Crippen MR) is 113 cm³/mol. The van der Waals surface area contributed by atoms with Gasteiger partial charge in [0.05, 0.1) is 35.2 Å². The highest BCUT2D eigenvalue weighted by atomic mass is 32.2. The molecule has 0 unspecified atom stereocenters. The van der Waals surface area contributed by atoms with Crippen LogP contribution in [0, 0.1) is 0 Å². The SMILES string of the molecule is CCOc1ccc(OCc2c(-c3nc(-c4cccc(S(N)(=O)=O)c4)no3)cnn2C)cn1. The maximum atomic E-state index is 11.6. The smallest absolute Gasteiger partial charge is 0.261 e. The van der Waals surface area contributed by atoms with Crippen LogP contribution in [0.15, 0.2) is 58.2 Å². The Morgan fingerprint density at radius 2 is 2.00 bits per heavy atom. The van der Waals surface area contributed by atoms with E-state index in [9.17, 15) is 8.42 Å². The fourth-order valence-electron chi connectivity index (χ4n) is 2.91. The predicted octanol–water partition coefficient (Wildman–Crippen LogP) is 2.16. The van der Waals surface area contributed by atoms with Gasteiger partial charge in [-0.25, -0.2) is 18.5 Å². The van der Waals surface area contributed by atoms with Crippen LogP contribution in [-0.2, 0) is 23.7 Å². The number of primary sulfonamides is 1. The van der Waals surface area contributed by atoms with Crippen LogP contribution >= 0.6 is 0 Å². The zero-order chi connectivity index (χ0) is 22.7. The minimum Gasteiger partial charge on any atom is -0.486 e. The van der Waals surface area contributed by atoms with Crippen LogP contribution < -0.4 is 14.6 Å². The lowest BCUT2D eigenvalue weighted by Crippen LogP contribution is -2.11. The van der Waals surface area contributed by atoms with E-state index >= 15 is 0 Å². The third kappa shape index (κ3) is 4.60. The third-order valence-electron chi connectivity index (χ3n) is 4.52. The Morgan fingerprint density at radius 1 is 1.16 bits per heavy atom. The van der Waals surface area contributed by atoms with Gasteiger partial charge in [-0.2, -0.15) is 10.1 Å². The van der Waals surface area contributed by atoms with Crippen LogP contribution in [0.3, 0.4) is 0 Å². The van der Waals surface area contributed by atoms with Crippen molar-refractivity contribution in [2.75, 3.05) is 6.61 Å². The Balaban J connectivity index is 1.55. The van der Waals surface area contributed by atoms with Gasteiger partial charge in [0.15, 0.2) is 0 Å². The monoisotopic (exact) mass is 456 g/mol. The summed E-state index contributed by atoms with van der Waals surface area (Å²) in [7, 11) is -2.08. The number of sulfonamides is 1. The Labute approximate surface area is 183 Å². The van der Waals surface area contributed by atoms with E-state index in [1.165, 1.54) is 12.1 Å². The van der Waals surface area contributed by atoms with Gasteiger partial charge >= 0.3 is 0 Å². The summed E-state index contributed by atoms with van der Waals surface area (Å²) in [6.45, 7) is 2.60. The second kappa shape index (κ2) is 8.77. The molecular formula is C20H20N6O5S. The molecule has 0 aliphatic rings. The lowest BCUT2D eigenvalue weighted by molar-refractivity contribution is 0.289. The van der Waals surface area contributed by atoms with Crippen molar-refractivity contribution in [3.63, 3.8) is 0 Å². The molecular weight excluding hydrogens is 436 g/mol. The number of aromatic nitrogens is 5. The van der Waals surface area contributed by atoms with Gasteiger partial charge in [0.25, 0.3) is 5.89 Å². The molecule has 0 spiro atoms. The molecule has 0 atom stereocenters. The number of ether oxygens (including phenoxy) is 2. The van der Waals surface area contributed by atoms with Crippen molar-refractivity contribution in [3.05, 3.63) is 54.5 Å². The van der Waals surface area contributed by atoms with Gasteiger partial charge in [0, 0.05) is 18.7 Å². The molecule has 0 saturated heterocycles. The number of hydrogen-bond acceptors (Lipinski definition) is 9. The summed E-state index contributed by atoms with van der Waals surface area (Å²) >= 11 is 0. The fourth-order valence-corrected chi connectivity index (χ4v) is 3.47. The molecule has 4 rings (SSSR count).